The Morgan fingerprint density at radius 3 is 2.57 bits per heavy atom. The summed E-state index contributed by atoms with van der Waals surface area (Å²) >= 11 is 0. The zero-order valence-corrected chi connectivity index (χ0v) is 4.18. The standard InChI is InChI=1S/C3H6BN3/c1-2-3(5)6-7-4/h5H,2H2,1H3. The van der Waals surface area contributed by atoms with Crippen molar-refractivity contribution in [1.82, 2.24) is 0 Å². The molecule has 7 heavy (non-hydrogen) atoms. The van der Waals surface area contributed by atoms with Gasteiger partial charge in [0.05, 0.1) is 0 Å². The minimum Gasteiger partial charge on any atom is -0.285 e. The van der Waals surface area contributed by atoms with Crippen molar-refractivity contribution in [2.24, 2.45) is 10.1 Å². The van der Waals surface area contributed by atoms with Crippen LogP contribution in [0.25, 0.3) is 0 Å². The van der Waals surface area contributed by atoms with Gasteiger partial charge >= 0.3 is 0 Å². The molecule has 0 heterocycles. The molecule has 1 N–H and O–H groups in total. The van der Waals surface area contributed by atoms with Gasteiger partial charge < -0.3 is 0 Å². The van der Waals surface area contributed by atoms with Gasteiger partial charge in [0.1, 0.15) is 5.84 Å². The summed E-state index contributed by atoms with van der Waals surface area (Å²) in [6.07, 6.45) is 0.584. The normalized spacial score (nSPS) is 9.86. The maximum atomic E-state index is 6.80. The van der Waals surface area contributed by atoms with E-state index in [1.54, 1.807) is 0 Å². The van der Waals surface area contributed by atoms with Crippen LogP contribution in [0.3, 0.4) is 0 Å². The highest BCUT2D eigenvalue weighted by molar-refractivity contribution is 6.05. The van der Waals surface area contributed by atoms with Gasteiger partial charge in [0.15, 0.2) is 0 Å². The Kier molecular flexibility index (Phi) is 3.19. The van der Waals surface area contributed by atoms with E-state index in [4.69, 9.17) is 5.41 Å². The Morgan fingerprint density at radius 2 is 2.43 bits per heavy atom. The average molecular weight is 94.9 g/mol. The Balaban J connectivity index is 3.37. The van der Waals surface area contributed by atoms with Crippen LogP contribution in [0.4, 0.5) is 0 Å². The second kappa shape index (κ2) is 3.52. The summed E-state index contributed by atoms with van der Waals surface area (Å²) in [5, 5.41) is 12.9. The second-order valence-corrected chi connectivity index (χ2v) is 1.02. The fourth-order valence-corrected chi connectivity index (χ4v) is 0.140. The first-order valence-electron chi connectivity index (χ1n) is 1.99. The number of nitrogens with zero attached hydrogens (tertiary/aromatic N) is 2. The van der Waals surface area contributed by atoms with Crippen LogP contribution in [0.2, 0.25) is 0 Å². The van der Waals surface area contributed by atoms with Crippen molar-refractivity contribution < 1.29 is 0 Å². The van der Waals surface area contributed by atoms with E-state index in [0.717, 1.165) is 0 Å². The molecule has 0 aromatic rings. The van der Waals surface area contributed by atoms with Crippen LogP contribution in [-0.4, -0.2) is 13.8 Å². The Morgan fingerprint density at radius 1 is 1.86 bits per heavy atom. The molecule has 0 aliphatic carbocycles. The Labute approximate surface area is 43.8 Å². The zero-order valence-electron chi connectivity index (χ0n) is 4.18. The van der Waals surface area contributed by atoms with Gasteiger partial charge in [-0.1, -0.05) is 6.92 Å². The van der Waals surface area contributed by atoms with E-state index in [1.165, 1.54) is 0 Å². The number of nitrogens with one attached hydrogen (secondary N) is 1. The molecule has 0 spiro atoms. The van der Waals surface area contributed by atoms with Crippen LogP contribution in [0.15, 0.2) is 10.1 Å². The second-order valence-electron chi connectivity index (χ2n) is 1.02. The summed E-state index contributed by atoms with van der Waals surface area (Å²) in [7, 11) is 4.62. The largest absolute Gasteiger partial charge is 0.293 e. The SMILES string of the molecule is [B]N=NC(=N)CC. The zero-order chi connectivity index (χ0) is 5.70. The highest BCUT2D eigenvalue weighted by Gasteiger charge is 1.80. The highest BCUT2D eigenvalue weighted by Crippen LogP contribution is 1.81. The minimum atomic E-state index is 0.211. The van der Waals surface area contributed by atoms with E-state index in [2.05, 4.69) is 18.1 Å². The molecule has 0 aromatic carbocycles. The molecule has 0 unspecified atom stereocenters. The van der Waals surface area contributed by atoms with Crippen molar-refractivity contribution in [3.05, 3.63) is 0 Å². The maximum absolute atomic E-state index is 6.80. The molecule has 0 fully saturated rings. The van der Waals surface area contributed by atoms with E-state index in [0.29, 0.717) is 6.42 Å². The summed E-state index contributed by atoms with van der Waals surface area (Å²) in [6.45, 7) is 1.82. The fraction of sp³-hybridized carbons (Fsp3) is 0.667. The highest BCUT2D eigenvalue weighted by atomic mass is 15.1. The van der Waals surface area contributed by atoms with Gasteiger partial charge in [-0.15, -0.1) is 0 Å². The third kappa shape index (κ3) is 3.16. The summed E-state index contributed by atoms with van der Waals surface area (Å²) < 4.78 is 0. The van der Waals surface area contributed by atoms with Crippen molar-refractivity contribution in [3.8, 4) is 0 Å². The number of hydrogen-bond acceptors (Lipinski definition) is 2. The Hall–Kier alpha value is -0.665. The van der Waals surface area contributed by atoms with Gasteiger partial charge in [0.2, 0.25) is 0 Å². The van der Waals surface area contributed by atoms with Crippen molar-refractivity contribution in [2.75, 3.05) is 0 Å². The molecule has 36 valence electrons. The maximum Gasteiger partial charge on any atom is 0.293 e. The molecule has 0 saturated heterocycles. The molecule has 0 atom stereocenters. The van der Waals surface area contributed by atoms with Gasteiger partial charge in [0, 0.05) is 6.42 Å². The number of hydrogen-bond donors (Lipinski definition) is 1. The van der Waals surface area contributed by atoms with Crippen molar-refractivity contribution in [1.29, 1.82) is 5.41 Å². The average Bonchev–Trinajstić information content (AvgIpc) is 1.68. The smallest absolute Gasteiger partial charge is 0.285 e. The van der Waals surface area contributed by atoms with Gasteiger partial charge in [-0.25, -0.2) is 0 Å². The molecule has 4 heteroatoms. The lowest BCUT2D eigenvalue weighted by Gasteiger charge is -1.82. The first-order valence-corrected chi connectivity index (χ1v) is 1.99. The molecule has 0 aliphatic rings. The van der Waals surface area contributed by atoms with E-state index in [1.807, 2.05) is 6.92 Å². The third-order valence-electron chi connectivity index (χ3n) is 0.513. The summed E-state index contributed by atoms with van der Waals surface area (Å²) in [5.41, 5.74) is 0. The molecule has 3 nitrogen and oxygen atoms in total. The summed E-state index contributed by atoms with van der Waals surface area (Å²) in [5.74, 6) is 0.211. The monoisotopic (exact) mass is 95.1 g/mol. The van der Waals surface area contributed by atoms with Crippen LogP contribution >= 0.6 is 0 Å². The molecule has 0 amide bonds. The molecule has 0 bridgehead atoms. The van der Waals surface area contributed by atoms with Crippen molar-refractivity contribution in [3.63, 3.8) is 0 Å². The molecule has 0 saturated carbocycles. The first kappa shape index (κ1) is 6.33. The van der Waals surface area contributed by atoms with Gasteiger partial charge in [0.25, 0.3) is 7.98 Å². The number of amidine groups is 1. The Bertz CT molecular complexity index is 88.2. The van der Waals surface area contributed by atoms with E-state index >= 15 is 0 Å². The van der Waals surface area contributed by atoms with Crippen LogP contribution in [0.1, 0.15) is 13.3 Å². The molecule has 0 aliphatic heterocycles. The molecule has 0 aromatic heterocycles. The van der Waals surface area contributed by atoms with E-state index in [9.17, 15) is 0 Å². The molecular formula is C3H6BN3. The topological polar surface area (TPSA) is 48.6 Å². The number of rotatable bonds is 1. The first-order chi connectivity index (χ1) is 3.31. The van der Waals surface area contributed by atoms with E-state index < -0.39 is 0 Å². The van der Waals surface area contributed by atoms with Crippen LogP contribution < -0.4 is 0 Å². The van der Waals surface area contributed by atoms with Crippen molar-refractivity contribution in [2.45, 2.75) is 13.3 Å². The summed E-state index contributed by atoms with van der Waals surface area (Å²) in [4.78, 5) is 0. The third-order valence-corrected chi connectivity index (χ3v) is 0.513. The van der Waals surface area contributed by atoms with Crippen LogP contribution in [0.5, 0.6) is 0 Å². The van der Waals surface area contributed by atoms with Crippen molar-refractivity contribution >= 4 is 13.8 Å². The lowest BCUT2D eigenvalue weighted by atomic mass is 10.4. The molecule has 2 radical (unpaired) electrons. The summed E-state index contributed by atoms with van der Waals surface area (Å²) in [6, 6.07) is 0. The lowest BCUT2D eigenvalue weighted by Crippen LogP contribution is -1.83. The lowest BCUT2D eigenvalue weighted by molar-refractivity contribution is 1.17. The molecular weight excluding hydrogens is 88.9 g/mol. The minimum absolute atomic E-state index is 0.211. The molecule has 0 rings (SSSR count). The van der Waals surface area contributed by atoms with Crippen LogP contribution in [-0.2, 0) is 0 Å². The fourth-order valence-electron chi connectivity index (χ4n) is 0.140. The van der Waals surface area contributed by atoms with Gasteiger partial charge in [-0.05, 0) is 0 Å². The van der Waals surface area contributed by atoms with Gasteiger partial charge in [-0.2, -0.15) is 5.11 Å². The predicted molar refractivity (Wildman–Crippen MR) is 28.6 cm³/mol. The van der Waals surface area contributed by atoms with Gasteiger partial charge in [-0.3, -0.25) is 10.4 Å². The quantitative estimate of drug-likeness (QED) is 0.218. The van der Waals surface area contributed by atoms with E-state index in [-0.39, 0.29) is 5.84 Å². The van der Waals surface area contributed by atoms with Crippen LogP contribution in [0, 0.1) is 5.41 Å². The predicted octanol–water partition coefficient (Wildman–Crippen LogP) is 0.909.